The molecule has 196 valence electrons. The Morgan fingerprint density at radius 1 is 1.35 bits per heavy atom. The van der Waals surface area contributed by atoms with Gasteiger partial charge in [0.05, 0.1) is 12.8 Å². The number of methoxy groups -OCH3 is 1. The van der Waals surface area contributed by atoms with Gasteiger partial charge in [-0.1, -0.05) is 18.2 Å². The number of benzene rings is 1. The molecule has 14 nitrogen and oxygen atoms in total. The molecule has 0 bridgehead atoms. The number of ether oxygens (including phenoxy) is 2. The number of aromatic nitrogens is 3. The lowest BCUT2D eigenvalue weighted by Crippen LogP contribution is -2.46. The van der Waals surface area contributed by atoms with Crippen molar-refractivity contribution in [3.05, 3.63) is 54.5 Å². The number of carbonyl (C=O) groups is 1. The molecule has 15 heteroatoms. The predicted molar refractivity (Wildman–Crippen MR) is 127 cm³/mol. The van der Waals surface area contributed by atoms with Crippen LogP contribution in [0.4, 0.5) is 5.82 Å². The minimum atomic E-state index is -4.36. The van der Waals surface area contributed by atoms with Crippen molar-refractivity contribution in [3.8, 4) is 11.8 Å². The average Bonchev–Trinajstić information content (AvgIpc) is 3.43. The van der Waals surface area contributed by atoms with E-state index in [1.165, 1.54) is 29.9 Å². The van der Waals surface area contributed by atoms with Crippen molar-refractivity contribution < 1.29 is 38.1 Å². The Labute approximate surface area is 211 Å². The maximum Gasteiger partial charge on any atom is 0.459 e. The number of fused-ring (bicyclic) bond motifs is 1. The number of nitrogen functional groups attached to an aromatic ring is 1. The predicted octanol–water partition coefficient (Wildman–Crippen LogP) is 0.722. The van der Waals surface area contributed by atoms with Gasteiger partial charge in [0, 0.05) is 0 Å². The van der Waals surface area contributed by atoms with Crippen LogP contribution in [-0.2, 0) is 23.4 Å². The fraction of sp³-hybridized carbons (Fsp3) is 0.364. The number of rotatable bonds is 9. The van der Waals surface area contributed by atoms with Gasteiger partial charge in [-0.25, -0.2) is 14.1 Å². The van der Waals surface area contributed by atoms with Crippen LogP contribution < -0.4 is 15.3 Å². The molecule has 1 aliphatic rings. The number of esters is 1. The van der Waals surface area contributed by atoms with Crippen LogP contribution >= 0.6 is 7.75 Å². The fourth-order valence-corrected chi connectivity index (χ4v) is 5.35. The Bertz CT molecular complexity index is 1360. The lowest BCUT2D eigenvalue weighted by atomic mass is 9.96. The van der Waals surface area contributed by atoms with Gasteiger partial charge in [0.25, 0.3) is 0 Å². The Morgan fingerprint density at radius 3 is 2.76 bits per heavy atom. The summed E-state index contributed by atoms with van der Waals surface area (Å²) in [7, 11) is -3.21. The van der Waals surface area contributed by atoms with Crippen molar-refractivity contribution >= 4 is 25.1 Å². The number of nitrogens with one attached hydrogen (secondary N) is 1. The summed E-state index contributed by atoms with van der Waals surface area (Å²) in [4.78, 5) is 15.8. The van der Waals surface area contributed by atoms with E-state index in [1.807, 2.05) is 6.07 Å². The topological polar surface area (TPSA) is 204 Å². The molecule has 6 atom stereocenters. The van der Waals surface area contributed by atoms with Gasteiger partial charge in [0.15, 0.2) is 5.82 Å². The minimum Gasteiger partial charge on any atom is -0.468 e. The van der Waals surface area contributed by atoms with E-state index in [2.05, 4.69) is 19.9 Å². The van der Waals surface area contributed by atoms with Crippen LogP contribution in [-0.4, -0.2) is 68.3 Å². The quantitative estimate of drug-likeness (QED) is 0.222. The first-order chi connectivity index (χ1) is 17.6. The molecule has 3 aromatic rings. The monoisotopic (exact) mass is 532 g/mol. The molecule has 37 heavy (non-hydrogen) atoms. The second-order valence-corrected chi connectivity index (χ2v) is 9.92. The highest BCUT2D eigenvalue weighted by molar-refractivity contribution is 7.52. The molecule has 4 rings (SSSR count). The van der Waals surface area contributed by atoms with Crippen molar-refractivity contribution in [3.63, 3.8) is 0 Å². The van der Waals surface area contributed by atoms with E-state index in [-0.39, 0.29) is 17.3 Å². The second-order valence-electron chi connectivity index (χ2n) is 8.22. The molecule has 0 radical (unpaired) electrons. The molecule has 3 heterocycles. The number of aliphatic hydroxyl groups excluding tert-OH is 2. The van der Waals surface area contributed by atoms with Gasteiger partial charge in [-0.2, -0.15) is 15.4 Å². The molecule has 0 saturated carbocycles. The number of nitrogens with two attached hydrogens (primary N) is 1. The average molecular weight is 532 g/mol. The highest BCUT2D eigenvalue weighted by Gasteiger charge is 2.57. The fourth-order valence-electron chi connectivity index (χ4n) is 3.83. The molecule has 1 aromatic carbocycles. The van der Waals surface area contributed by atoms with Crippen LogP contribution in [0.2, 0.25) is 0 Å². The summed E-state index contributed by atoms with van der Waals surface area (Å²) in [5.74, 6) is -0.428. The zero-order valence-corrected chi connectivity index (χ0v) is 20.7. The van der Waals surface area contributed by atoms with Gasteiger partial charge >= 0.3 is 13.7 Å². The first-order valence-electron chi connectivity index (χ1n) is 11.0. The van der Waals surface area contributed by atoms with Crippen LogP contribution in [0.3, 0.4) is 0 Å². The van der Waals surface area contributed by atoms with Crippen molar-refractivity contribution in [1.29, 1.82) is 5.26 Å². The third-order valence-corrected chi connectivity index (χ3v) is 7.39. The van der Waals surface area contributed by atoms with Gasteiger partial charge in [-0.3, -0.25) is 9.32 Å². The Balaban J connectivity index is 1.60. The molecular formula is C22H25N6O8P. The van der Waals surface area contributed by atoms with E-state index in [4.69, 9.17) is 19.5 Å². The lowest BCUT2D eigenvalue weighted by molar-refractivity contribution is -0.142. The maximum absolute atomic E-state index is 13.6. The van der Waals surface area contributed by atoms with E-state index in [0.29, 0.717) is 5.52 Å². The van der Waals surface area contributed by atoms with Crippen molar-refractivity contribution in [2.24, 2.45) is 0 Å². The summed E-state index contributed by atoms with van der Waals surface area (Å²) < 4.78 is 36.5. The van der Waals surface area contributed by atoms with Gasteiger partial charge in [0.2, 0.25) is 5.60 Å². The molecular weight excluding hydrogens is 507 g/mol. The summed E-state index contributed by atoms with van der Waals surface area (Å²) in [6.45, 7) is 0.575. The normalized spacial score (nSPS) is 25.8. The largest absolute Gasteiger partial charge is 0.468 e. The smallest absolute Gasteiger partial charge is 0.459 e. The summed E-state index contributed by atoms with van der Waals surface area (Å²) in [6, 6.07) is 11.8. The number of para-hydroxylation sites is 1. The minimum absolute atomic E-state index is 0.143. The highest BCUT2D eigenvalue weighted by atomic mass is 31.2. The van der Waals surface area contributed by atoms with E-state index in [0.717, 1.165) is 7.11 Å². The van der Waals surface area contributed by atoms with E-state index in [1.54, 1.807) is 30.3 Å². The molecule has 2 aromatic heterocycles. The summed E-state index contributed by atoms with van der Waals surface area (Å²) >= 11 is 0. The second kappa shape index (κ2) is 10.4. The summed E-state index contributed by atoms with van der Waals surface area (Å²) in [5, 5.41) is 38.1. The molecule has 1 fully saturated rings. The lowest BCUT2D eigenvalue weighted by Gasteiger charge is -2.28. The van der Waals surface area contributed by atoms with Crippen LogP contribution in [0.1, 0.15) is 18.7 Å². The molecule has 1 aliphatic heterocycles. The first kappa shape index (κ1) is 26.5. The number of hydrogen-bond donors (Lipinski definition) is 4. The van der Waals surface area contributed by atoms with Crippen molar-refractivity contribution in [1.82, 2.24) is 19.7 Å². The zero-order valence-electron chi connectivity index (χ0n) is 19.8. The Hall–Kier alpha value is -3.57. The molecule has 1 saturated heterocycles. The number of hydrogen-bond acceptors (Lipinski definition) is 12. The van der Waals surface area contributed by atoms with Gasteiger partial charge in [-0.15, -0.1) is 0 Å². The van der Waals surface area contributed by atoms with Gasteiger partial charge < -0.3 is 29.9 Å². The zero-order chi connectivity index (χ0) is 26.8. The number of nitriles is 1. The van der Waals surface area contributed by atoms with Crippen molar-refractivity contribution in [2.45, 2.75) is 36.9 Å². The molecule has 0 aliphatic carbocycles. The third-order valence-electron chi connectivity index (χ3n) is 5.76. The van der Waals surface area contributed by atoms with Crippen LogP contribution in [0.15, 0.2) is 48.8 Å². The standard InChI is InChI=1S/C22H25N6O8P/c1-13(21(31)33-2)27-37(32,36-14-6-4-3-5-7-14)34-11-22(10-23)19(30)17(29)18(35-22)15-8-9-16-20(24)25-12-26-28(15)16/h3-9,12-13,17-19,29-30H,11H2,1-2H3,(H,27,32)(H2,24,25,26)/t13?,17-,18+,19+,22-,37-/m1/s1. The summed E-state index contributed by atoms with van der Waals surface area (Å²) in [5.41, 5.74) is 4.40. The van der Waals surface area contributed by atoms with Crippen LogP contribution in [0, 0.1) is 11.3 Å². The van der Waals surface area contributed by atoms with Crippen LogP contribution in [0.25, 0.3) is 5.52 Å². The number of anilines is 1. The van der Waals surface area contributed by atoms with Crippen LogP contribution in [0.5, 0.6) is 5.75 Å². The number of carbonyl (C=O) groups excluding carboxylic acids is 1. The SMILES string of the molecule is COC(=O)C(C)N[P@@](=O)(OC[C@@]1(C#N)O[C@@H](c2ccc3c(N)ncnn23)[C@@H](O)[C@@H]1O)Oc1ccccc1. The molecule has 1 unspecified atom stereocenters. The van der Waals surface area contributed by atoms with E-state index < -0.39 is 50.3 Å². The maximum atomic E-state index is 13.6. The molecule has 5 N–H and O–H groups in total. The Morgan fingerprint density at radius 2 is 2.08 bits per heavy atom. The van der Waals surface area contributed by atoms with Gasteiger partial charge in [0.1, 0.15) is 54.6 Å². The molecule has 0 spiro atoms. The number of aliphatic hydroxyl groups is 2. The van der Waals surface area contributed by atoms with Gasteiger partial charge in [-0.05, 0) is 31.2 Å². The molecule has 0 amide bonds. The number of nitrogens with zero attached hydrogens (tertiary/aromatic N) is 4. The summed E-state index contributed by atoms with van der Waals surface area (Å²) in [6.07, 6.45) is -3.40. The third kappa shape index (κ3) is 5.14. The Kier molecular flexibility index (Phi) is 7.47. The van der Waals surface area contributed by atoms with E-state index >= 15 is 0 Å². The van der Waals surface area contributed by atoms with E-state index in [9.17, 15) is 24.8 Å². The first-order valence-corrected chi connectivity index (χ1v) is 12.6. The van der Waals surface area contributed by atoms with Crippen molar-refractivity contribution in [2.75, 3.05) is 19.5 Å². The highest BCUT2D eigenvalue weighted by Crippen LogP contribution is 2.48.